The highest BCUT2D eigenvalue weighted by Gasteiger charge is 2.51. The lowest BCUT2D eigenvalue weighted by molar-refractivity contribution is 0.0865. The number of fused-ring (bicyclic) bond motifs is 4. The average molecular weight is 464 g/mol. The Hall–Kier alpha value is -1.89. The second-order valence-electron chi connectivity index (χ2n) is 7.81. The van der Waals surface area contributed by atoms with Crippen LogP contribution in [0.25, 0.3) is 11.3 Å². The lowest BCUT2D eigenvalue weighted by atomic mass is 9.79. The molecule has 1 aromatic carbocycles. The number of sulfonamides is 1. The van der Waals surface area contributed by atoms with Gasteiger partial charge in [-0.1, -0.05) is 27.2 Å². The van der Waals surface area contributed by atoms with Gasteiger partial charge in [0.25, 0.3) is 10.0 Å². The molecule has 1 saturated carbocycles. The Labute approximate surface area is 171 Å². The highest BCUT2D eigenvalue weighted by Crippen LogP contribution is 2.58. The maximum Gasteiger partial charge on any atom is 0.253 e. The maximum absolute atomic E-state index is 13.1. The monoisotopic (exact) mass is 463 g/mol. The predicted octanol–water partition coefficient (Wildman–Crippen LogP) is 3.51. The number of benzene rings is 1. The standard InChI is InChI=1S/C19H18BrN3O4S/c20-12-1-2-15-13(9-12)16-14(10-18(15)3-4-18)17(22-27-16)23-28(24,25)19(11-21)5-7-26-8-6-19/h1-2,9H,3-8,10H2,(H,22,23). The van der Waals surface area contributed by atoms with Gasteiger partial charge in [-0.2, -0.15) is 5.26 Å². The van der Waals surface area contributed by atoms with Gasteiger partial charge in [-0.15, -0.1) is 0 Å². The van der Waals surface area contributed by atoms with Gasteiger partial charge in [-0.25, -0.2) is 8.42 Å². The number of ether oxygens (including phenoxy) is 1. The quantitative estimate of drug-likeness (QED) is 0.746. The summed E-state index contributed by atoms with van der Waals surface area (Å²) in [5.74, 6) is 0.803. The molecule has 7 nitrogen and oxygen atoms in total. The zero-order valence-corrected chi connectivity index (χ0v) is 17.4. The van der Waals surface area contributed by atoms with E-state index in [0.717, 1.165) is 28.4 Å². The largest absolute Gasteiger partial charge is 0.381 e. The van der Waals surface area contributed by atoms with Gasteiger partial charge >= 0.3 is 0 Å². The van der Waals surface area contributed by atoms with E-state index in [2.05, 4.69) is 31.9 Å². The van der Waals surface area contributed by atoms with Crippen LogP contribution in [0.5, 0.6) is 0 Å². The van der Waals surface area contributed by atoms with Crippen molar-refractivity contribution in [2.45, 2.75) is 42.3 Å². The molecule has 0 bridgehead atoms. The van der Waals surface area contributed by atoms with Gasteiger partial charge < -0.3 is 9.26 Å². The minimum Gasteiger partial charge on any atom is -0.381 e. The SMILES string of the molecule is N#CC1(S(=O)(=O)Nc2noc3c2CC2(CC2)c2ccc(Br)cc2-3)CCOCC1. The number of hydrogen-bond donors (Lipinski definition) is 1. The summed E-state index contributed by atoms with van der Waals surface area (Å²) in [4.78, 5) is 0. The van der Waals surface area contributed by atoms with E-state index in [-0.39, 0.29) is 37.3 Å². The molecular weight excluding hydrogens is 446 g/mol. The van der Waals surface area contributed by atoms with Crippen molar-refractivity contribution < 1.29 is 17.7 Å². The summed E-state index contributed by atoms with van der Waals surface area (Å²) in [5, 5.41) is 13.7. The number of halogens is 1. The van der Waals surface area contributed by atoms with E-state index in [1.54, 1.807) is 0 Å². The Balaban J connectivity index is 1.56. The minimum atomic E-state index is -3.98. The van der Waals surface area contributed by atoms with Crippen LogP contribution in [0.3, 0.4) is 0 Å². The number of nitrogens with zero attached hydrogens (tertiary/aromatic N) is 2. The molecule has 3 aliphatic rings. The number of anilines is 1. The van der Waals surface area contributed by atoms with E-state index in [1.165, 1.54) is 5.56 Å². The number of hydrogen-bond acceptors (Lipinski definition) is 6. The van der Waals surface area contributed by atoms with Crippen LogP contribution in [0.4, 0.5) is 5.82 Å². The number of nitrogens with one attached hydrogen (secondary N) is 1. The smallest absolute Gasteiger partial charge is 0.253 e. The molecule has 1 aromatic heterocycles. The molecule has 146 valence electrons. The van der Waals surface area contributed by atoms with E-state index >= 15 is 0 Å². The molecule has 1 spiro atoms. The maximum atomic E-state index is 13.1. The zero-order valence-electron chi connectivity index (χ0n) is 15.0. The molecule has 1 saturated heterocycles. The second-order valence-corrected chi connectivity index (χ2v) is 10.7. The lowest BCUT2D eigenvalue weighted by Crippen LogP contribution is -2.46. The molecule has 5 rings (SSSR count). The van der Waals surface area contributed by atoms with Gasteiger partial charge in [0.05, 0.1) is 6.07 Å². The highest BCUT2D eigenvalue weighted by atomic mass is 79.9. The third-order valence-corrected chi connectivity index (χ3v) is 8.69. The fourth-order valence-electron chi connectivity index (χ4n) is 4.33. The van der Waals surface area contributed by atoms with E-state index in [1.807, 2.05) is 18.2 Å². The van der Waals surface area contributed by atoms with Gasteiger partial charge in [0.2, 0.25) is 0 Å². The first kappa shape index (κ1) is 18.2. The van der Waals surface area contributed by atoms with Crippen molar-refractivity contribution in [3.63, 3.8) is 0 Å². The van der Waals surface area contributed by atoms with E-state index < -0.39 is 14.8 Å². The topological polar surface area (TPSA) is 105 Å². The van der Waals surface area contributed by atoms with Crippen molar-refractivity contribution >= 4 is 31.8 Å². The molecule has 0 unspecified atom stereocenters. The van der Waals surface area contributed by atoms with Crippen molar-refractivity contribution in [3.05, 3.63) is 33.8 Å². The number of rotatable bonds is 3. The molecule has 2 fully saturated rings. The molecule has 0 amide bonds. The van der Waals surface area contributed by atoms with E-state index in [9.17, 15) is 13.7 Å². The van der Waals surface area contributed by atoms with Crippen molar-refractivity contribution in [3.8, 4) is 17.4 Å². The van der Waals surface area contributed by atoms with Crippen LogP contribution in [-0.4, -0.2) is 31.5 Å². The molecule has 2 aliphatic carbocycles. The summed E-state index contributed by atoms with van der Waals surface area (Å²) in [6.45, 7) is 0.492. The lowest BCUT2D eigenvalue weighted by Gasteiger charge is -2.30. The summed E-state index contributed by atoms with van der Waals surface area (Å²) < 4.78 is 39.0. The van der Waals surface area contributed by atoms with E-state index in [0.29, 0.717) is 12.2 Å². The molecule has 2 aromatic rings. The third kappa shape index (κ3) is 2.55. The molecular formula is C19H18BrN3O4S. The van der Waals surface area contributed by atoms with Crippen LogP contribution in [0.2, 0.25) is 0 Å². The molecule has 2 heterocycles. The van der Waals surface area contributed by atoms with Crippen LogP contribution in [-0.2, 0) is 26.6 Å². The summed E-state index contributed by atoms with van der Waals surface area (Å²) in [5.41, 5.74) is 2.98. The predicted molar refractivity (Wildman–Crippen MR) is 105 cm³/mol. The molecule has 0 atom stereocenters. The van der Waals surface area contributed by atoms with E-state index in [4.69, 9.17) is 9.26 Å². The molecule has 0 radical (unpaired) electrons. The minimum absolute atomic E-state index is 0.0281. The van der Waals surface area contributed by atoms with Gasteiger partial charge in [-0.05, 0) is 37.0 Å². The van der Waals surface area contributed by atoms with Crippen LogP contribution in [0.1, 0.15) is 36.8 Å². The summed E-state index contributed by atoms with van der Waals surface area (Å²) in [6.07, 6.45) is 3.06. The van der Waals surface area contributed by atoms with Crippen LogP contribution >= 0.6 is 15.9 Å². The summed E-state index contributed by atoms with van der Waals surface area (Å²) in [7, 11) is -3.98. The average Bonchev–Trinajstić information content (AvgIpc) is 3.35. The first-order valence-electron chi connectivity index (χ1n) is 9.20. The van der Waals surface area contributed by atoms with Gasteiger partial charge in [0, 0.05) is 47.1 Å². The molecule has 28 heavy (non-hydrogen) atoms. The Morgan fingerprint density at radius 1 is 1.21 bits per heavy atom. The number of aromatic nitrogens is 1. The Morgan fingerprint density at radius 2 is 1.96 bits per heavy atom. The van der Waals surface area contributed by atoms with Crippen LogP contribution in [0.15, 0.2) is 27.2 Å². The Morgan fingerprint density at radius 3 is 2.64 bits per heavy atom. The number of nitriles is 1. The summed E-state index contributed by atoms with van der Waals surface area (Å²) >= 11 is 3.50. The summed E-state index contributed by atoms with van der Waals surface area (Å²) in [6, 6.07) is 8.12. The van der Waals surface area contributed by atoms with Crippen molar-refractivity contribution in [1.29, 1.82) is 5.26 Å². The Kier molecular flexibility index (Phi) is 3.92. The fraction of sp³-hybridized carbons (Fsp3) is 0.474. The van der Waals surface area contributed by atoms with Crippen molar-refractivity contribution in [1.82, 2.24) is 5.16 Å². The van der Waals surface area contributed by atoms with Crippen LogP contribution < -0.4 is 4.72 Å². The van der Waals surface area contributed by atoms with Gasteiger partial charge in [-0.3, -0.25) is 4.72 Å². The van der Waals surface area contributed by atoms with Crippen molar-refractivity contribution in [2.24, 2.45) is 0 Å². The van der Waals surface area contributed by atoms with Gasteiger partial charge in [0.1, 0.15) is 0 Å². The zero-order chi connectivity index (χ0) is 19.6. The first-order valence-corrected chi connectivity index (χ1v) is 11.5. The molecule has 1 N–H and O–H groups in total. The third-order valence-electron chi connectivity index (χ3n) is 6.20. The van der Waals surface area contributed by atoms with Crippen molar-refractivity contribution in [2.75, 3.05) is 17.9 Å². The Bertz CT molecular complexity index is 1110. The normalized spacial score (nSPS) is 21.4. The second kappa shape index (κ2) is 6.05. The molecule has 9 heteroatoms. The van der Waals surface area contributed by atoms with Gasteiger partial charge in [0.15, 0.2) is 16.3 Å². The highest BCUT2D eigenvalue weighted by molar-refractivity contribution is 9.10. The molecule has 1 aliphatic heterocycles. The van der Waals surface area contributed by atoms with Crippen LogP contribution in [0, 0.1) is 11.3 Å². The fourth-order valence-corrected chi connectivity index (χ4v) is 6.12. The first-order chi connectivity index (χ1) is 13.4.